The Balaban J connectivity index is 3.14. The van der Waals surface area contributed by atoms with Crippen molar-refractivity contribution in [2.75, 3.05) is 0 Å². The zero-order valence-electron chi connectivity index (χ0n) is 13.1. The topological polar surface area (TPSA) is 0 Å². The van der Waals surface area contributed by atoms with Gasteiger partial charge in [-0.15, -0.1) is 0 Å². The maximum Gasteiger partial charge on any atom is -0.0420 e. The van der Waals surface area contributed by atoms with Crippen LogP contribution in [0.15, 0.2) is 0 Å². The molecule has 0 rings (SSSR count). The summed E-state index contributed by atoms with van der Waals surface area (Å²) in [5.41, 5.74) is 0. The van der Waals surface area contributed by atoms with E-state index >= 15 is 0 Å². The summed E-state index contributed by atoms with van der Waals surface area (Å²) in [6.07, 6.45) is 13.0. The van der Waals surface area contributed by atoms with Crippen molar-refractivity contribution in [1.29, 1.82) is 0 Å². The van der Waals surface area contributed by atoms with Crippen LogP contribution in [0.4, 0.5) is 0 Å². The molecule has 0 spiro atoms. The van der Waals surface area contributed by atoms with E-state index in [-0.39, 0.29) is 0 Å². The molecule has 0 saturated carbocycles. The maximum absolute atomic E-state index is 2.40. The number of rotatable bonds is 11. The molecule has 2 unspecified atom stereocenters. The SMILES string of the molecule is CCC(C)CCCCCCCCC(C)C(C)C. The number of hydrogen-bond donors (Lipinski definition) is 0. The number of hydrogen-bond acceptors (Lipinski definition) is 0. The van der Waals surface area contributed by atoms with Crippen LogP contribution in [0.3, 0.4) is 0 Å². The van der Waals surface area contributed by atoms with Crippen LogP contribution in [-0.4, -0.2) is 0 Å². The third-order valence-electron chi connectivity index (χ3n) is 4.44. The van der Waals surface area contributed by atoms with Gasteiger partial charge in [-0.2, -0.15) is 0 Å². The first kappa shape index (κ1) is 17.0. The maximum atomic E-state index is 2.40. The number of unbranched alkanes of at least 4 members (excludes halogenated alkanes) is 5. The van der Waals surface area contributed by atoms with E-state index in [1.54, 1.807) is 0 Å². The molecule has 0 heteroatoms. The highest BCUT2D eigenvalue weighted by Gasteiger charge is 2.05. The summed E-state index contributed by atoms with van der Waals surface area (Å²) in [6, 6.07) is 0. The molecule has 0 nitrogen and oxygen atoms in total. The van der Waals surface area contributed by atoms with Gasteiger partial charge in [0.2, 0.25) is 0 Å². The molecule has 0 radical (unpaired) electrons. The van der Waals surface area contributed by atoms with Gasteiger partial charge < -0.3 is 0 Å². The molecule has 0 aromatic carbocycles. The van der Waals surface area contributed by atoms with Gasteiger partial charge in [-0.3, -0.25) is 0 Å². The first-order valence-corrected chi connectivity index (χ1v) is 8.07. The Morgan fingerprint density at radius 3 is 1.59 bits per heavy atom. The van der Waals surface area contributed by atoms with Gasteiger partial charge in [-0.05, 0) is 17.8 Å². The highest BCUT2D eigenvalue weighted by atomic mass is 14.1. The molecule has 2 atom stereocenters. The molecule has 0 aromatic rings. The minimum Gasteiger partial charge on any atom is -0.0651 e. The van der Waals surface area contributed by atoms with E-state index in [2.05, 4.69) is 34.6 Å². The van der Waals surface area contributed by atoms with Gasteiger partial charge >= 0.3 is 0 Å². The zero-order valence-corrected chi connectivity index (χ0v) is 13.1. The van der Waals surface area contributed by atoms with Gasteiger partial charge in [0, 0.05) is 0 Å². The predicted octanol–water partition coefficient (Wildman–Crippen LogP) is 6.45. The molecule has 0 saturated heterocycles. The summed E-state index contributed by atoms with van der Waals surface area (Å²) in [4.78, 5) is 0. The first-order chi connectivity index (χ1) is 8.07. The summed E-state index contributed by atoms with van der Waals surface area (Å²) in [5.74, 6) is 2.73. The van der Waals surface area contributed by atoms with Crippen molar-refractivity contribution in [2.45, 2.75) is 92.4 Å². The van der Waals surface area contributed by atoms with E-state index in [0.717, 1.165) is 17.8 Å². The van der Waals surface area contributed by atoms with Crippen molar-refractivity contribution in [2.24, 2.45) is 17.8 Å². The molecule has 0 aliphatic rings. The summed E-state index contributed by atoms with van der Waals surface area (Å²) in [7, 11) is 0. The fourth-order valence-electron chi connectivity index (χ4n) is 2.20. The minimum atomic E-state index is 0.866. The molecule has 0 amide bonds. The Kier molecular flexibility index (Phi) is 11.1. The van der Waals surface area contributed by atoms with Crippen LogP contribution in [-0.2, 0) is 0 Å². The molecule has 17 heavy (non-hydrogen) atoms. The first-order valence-electron chi connectivity index (χ1n) is 8.07. The van der Waals surface area contributed by atoms with Crippen molar-refractivity contribution in [3.05, 3.63) is 0 Å². The fraction of sp³-hybridized carbons (Fsp3) is 1.00. The standard InChI is InChI=1S/C17H36/c1-6-16(4)13-11-9-7-8-10-12-14-17(5)15(2)3/h15-17H,6-14H2,1-5H3. The van der Waals surface area contributed by atoms with Crippen molar-refractivity contribution in [3.8, 4) is 0 Å². The van der Waals surface area contributed by atoms with Crippen LogP contribution in [0.1, 0.15) is 92.4 Å². The quantitative estimate of drug-likeness (QED) is 0.364. The minimum absolute atomic E-state index is 0.866. The largest absolute Gasteiger partial charge is 0.0651 e. The summed E-state index contributed by atoms with van der Waals surface area (Å²) >= 11 is 0. The monoisotopic (exact) mass is 240 g/mol. The van der Waals surface area contributed by atoms with Gasteiger partial charge in [0.25, 0.3) is 0 Å². The zero-order chi connectivity index (χ0) is 13.1. The highest BCUT2D eigenvalue weighted by Crippen LogP contribution is 2.19. The average Bonchev–Trinajstić information content (AvgIpc) is 2.31. The van der Waals surface area contributed by atoms with Gasteiger partial charge in [0.15, 0.2) is 0 Å². The van der Waals surface area contributed by atoms with Gasteiger partial charge in [0.1, 0.15) is 0 Å². The smallest absolute Gasteiger partial charge is 0.0420 e. The Morgan fingerprint density at radius 1 is 0.647 bits per heavy atom. The van der Waals surface area contributed by atoms with Crippen LogP contribution in [0.2, 0.25) is 0 Å². The van der Waals surface area contributed by atoms with Crippen LogP contribution in [0, 0.1) is 17.8 Å². The molecule has 0 heterocycles. The van der Waals surface area contributed by atoms with Crippen molar-refractivity contribution in [3.63, 3.8) is 0 Å². The molecule has 0 fully saturated rings. The molecule has 0 bridgehead atoms. The Morgan fingerprint density at radius 2 is 1.12 bits per heavy atom. The average molecular weight is 240 g/mol. The molecule has 104 valence electrons. The third kappa shape index (κ3) is 10.9. The normalized spacial score (nSPS) is 15.2. The van der Waals surface area contributed by atoms with E-state index in [1.165, 1.54) is 57.8 Å². The lowest BCUT2D eigenvalue weighted by molar-refractivity contribution is 0.374. The summed E-state index contributed by atoms with van der Waals surface area (Å²) in [5, 5.41) is 0. The van der Waals surface area contributed by atoms with Crippen LogP contribution < -0.4 is 0 Å². The van der Waals surface area contributed by atoms with Crippen molar-refractivity contribution in [1.82, 2.24) is 0 Å². The van der Waals surface area contributed by atoms with Crippen LogP contribution in [0.25, 0.3) is 0 Å². The fourth-order valence-corrected chi connectivity index (χ4v) is 2.20. The highest BCUT2D eigenvalue weighted by molar-refractivity contribution is 4.57. The lowest BCUT2D eigenvalue weighted by Gasteiger charge is -2.14. The second-order valence-corrected chi connectivity index (χ2v) is 6.43. The molecular formula is C17H36. The molecule has 0 aromatic heterocycles. The van der Waals surface area contributed by atoms with E-state index in [0.29, 0.717) is 0 Å². The van der Waals surface area contributed by atoms with Crippen molar-refractivity contribution >= 4 is 0 Å². The molecule has 0 aliphatic heterocycles. The van der Waals surface area contributed by atoms with E-state index in [9.17, 15) is 0 Å². The lowest BCUT2D eigenvalue weighted by atomic mass is 9.92. The summed E-state index contributed by atoms with van der Waals surface area (Å²) in [6.45, 7) is 11.8. The van der Waals surface area contributed by atoms with Gasteiger partial charge in [-0.25, -0.2) is 0 Å². The lowest BCUT2D eigenvalue weighted by Crippen LogP contribution is -2.03. The second kappa shape index (κ2) is 11.1. The predicted molar refractivity (Wildman–Crippen MR) is 80.4 cm³/mol. The molecule has 0 N–H and O–H groups in total. The second-order valence-electron chi connectivity index (χ2n) is 6.43. The molecular weight excluding hydrogens is 204 g/mol. The Labute approximate surface area is 111 Å². The molecule has 0 aliphatic carbocycles. The van der Waals surface area contributed by atoms with Crippen LogP contribution >= 0.6 is 0 Å². The third-order valence-corrected chi connectivity index (χ3v) is 4.44. The van der Waals surface area contributed by atoms with Gasteiger partial charge in [0.05, 0.1) is 0 Å². The van der Waals surface area contributed by atoms with E-state index in [4.69, 9.17) is 0 Å². The van der Waals surface area contributed by atoms with Crippen molar-refractivity contribution < 1.29 is 0 Å². The Bertz CT molecular complexity index is 148. The van der Waals surface area contributed by atoms with Gasteiger partial charge in [-0.1, -0.05) is 92.4 Å². The van der Waals surface area contributed by atoms with Crippen LogP contribution in [0.5, 0.6) is 0 Å². The Hall–Kier alpha value is 0. The van der Waals surface area contributed by atoms with E-state index < -0.39 is 0 Å². The van der Waals surface area contributed by atoms with E-state index in [1.807, 2.05) is 0 Å². The summed E-state index contributed by atoms with van der Waals surface area (Å²) < 4.78 is 0.